The minimum atomic E-state index is 0.754. The summed E-state index contributed by atoms with van der Waals surface area (Å²) in [4.78, 5) is 2.45. The lowest BCUT2D eigenvalue weighted by molar-refractivity contribution is 0.199. The molecular weight excluding hydrogens is 236 g/mol. The molecule has 3 nitrogen and oxygen atoms in total. The SMILES string of the molecule is COCCNCc1ccc(N(C)C2CCC2)c(C)c1. The Morgan fingerprint density at radius 2 is 2.16 bits per heavy atom. The molecule has 0 bridgehead atoms. The summed E-state index contributed by atoms with van der Waals surface area (Å²) in [6, 6.07) is 7.55. The van der Waals surface area contributed by atoms with Crippen molar-refractivity contribution in [2.75, 3.05) is 32.2 Å². The fourth-order valence-electron chi connectivity index (χ4n) is 2.60. The van der Waals surface area contributed by atoms with Crippen molar-refractivity contribution in [3.63, 3.8) is 0 Å². The number of nitrogens with one attached hydrogen (secondary N) is 1. The highest BCUT2D eigenvalue weighted by Crippen LogP contribution is 2.30. The van der Waals surface area contributed by atoms with Crippen LogP contribution in [0.5, 0.6) is 0 Å². The number of aryl methyl sites for hydroxylation is 1. The number of rotatable bonds is 7. The normalized spacial score (nSPS) is 15.3. The Labute approximate surface area is 116 Å². The summed E-state index contributed by atoms with van der Waals surface area (Å²) < 4.78 is 5.03. The molecular formula is C16H26N2O. The van der Waals surface area contributed by atoms with Crippen LogP contribution < -0.4 is 10.2 Å². The second kappa shape index (κ2) is 6.92. The van der Waals surface area contributed by atoms with Gasteiger partial charge in [0.15, 0.2) is 0 Å². The molecule has 0 heterocycles. The summed E-state index contributed by atoms with van der Waals surface area (Å²) in [6.45, 7) is 4.79. The van der Waals surface area contributed by atoms with Gasteiger partial charge in [0.25, 0.3) is 0 Å². The Bertz CT molecular complexity index is 402. The summed E-state index contributed by atoms with van der Waals surface area (Å²) >= 11 is 0. The van der Waals surface area contributed by atoms with E-state index in [0.717, 1.165) is 25.7 Å². The number of methoxy groups -OCH3 is 1. The van der Waals surface area contributed by atoms with E-state index < -0.39 is 0 Å². The lowest BCUT2D eigenvalue weighted by Gasteiger charge is -2.37. The van der Waals surface area contributed by atoms with Crippen LogP contribution in [-0.4, -0.2) is 33.4 Å². The summed E-state index contributed by atoms with van der Waals surface area (Å²) in [5, 5.41) is 3.39. The zero-order chi connectivity index (χ0) is 13.7. The smallest absolute Gasteiger partial charge is 0.0587 e. The Morgan fingerprint density at radius 3 is 2.74 bits per heavy atom. The molecule has 0 radical (unpaired) electrons. The van der Waals surface area contributed by atoms with Gasteiger partial charge < -0.3 is 15.0 Å². The third-order valence-electron chi connectivity index (χ3n) is 4.08. The first-order valence-corrected chi connectivity index (χ1v) is 7.24. The number of hydrogen-bond donors (Lipinski definition) is 1. The van der Waals surface area contributed by atoms with Gasteiger partial charge in [-0.2, -0.15) is 0 Å². The first-order valence-electron chi connectivity index (χ1n) is 7.24. The average Bonchev–Trinajstić information content (AvgIpc) is 2.32. The van der Waals surface area contributed by atoms with Crippen molar-refractivity contribution >= 4 is 5.69 Å². The van der Waals surface area contributed by atoms with Gasteiger partial charge in [0, 0.05) is 39.0 Å². The van der Waals surface area contributed by atoms with Crippen LogP contribution in [0.25, 0.3) is 0 Å². The molecule has 1 saturated carbocycles. The van der Waals surface area contributed by atoms with Crippen LogP contribution in [0.3, 0.4) is 0 Å². The molecule has 19 heavy (non-hydrogen) atoms. The van der Waals surface area contributed by atoms with E-state index in [1.165, 1.54) is 36.1 Å². The van der Waals surface area contributed by atoms with Crippen LogP contribution in [0.2, 0.25) is 0 Å². The summed E-state index contributed by atoms with van der Waals surface area (Å²) in [5.41, 5.74) is 4.10. The van der Waals surface area contributed by atoms with E-state index in [4.69, 9.17) is 4.74 Å². The van der Waals surface area contributed by atoms with Crippen LogP contribution in [0.4, 0.5) is 5.69 Å². The third kappa shape index (κ3) is 3.71. The molecule has 0 atom stereocenters. The van der Waals surface area contributed by atoms with Gasteiger partial charge in [0.1, 0.15) is 0 Å². The number of ether oxygens (including phenoxy) is 1. The van der Waals surface area contributed by atoms with Gasteiger partial charge in [-0.05, 0) is 43.4 Å². The van der Waals surface area contributed by atoms with Crippen molar-refractivity contribution < 1.29 is 4.74 Å². The van der Waals surface area contributed by atoms with E-state index in [0.29, 0.717) is 0 Å². The Balaban J connectivity index is 1.92. The molecule has 0 unspecified atom stereocenters. The van der Waals surface area contributed by atoms with Crippen LogP contribution in [0.15, 0.2) is 18.2 Å². The molecule has 0 aromatic heterocycles. The molecule has 0 amide bonds. The first-order chi connectivity index (χ1) is 9.22. The highest BCUT2D eigenvalue weighted by atomic mass is 16.5. The van der Waals surface area contributed by atoms with Gasteiger partial charge in [0.2, 0.25) is 0 Å². The van der Waals surface area contributed by atoms with E-state index in [1.807, 2.05) is 0 Å². The minimum Gasteiger partial charge on any atom is -0.383 e. The van der Waals surface area contributed by atoms with Crippen molar-refractivity contribution in [1.82, 2.24) is 5.32 Å². The number of hydrogen-bond acceptors (Lipinski definition) is 3. The number of benzene rings is 1. The van der Waals surface area contributed by atoms with E-state index in [2.05, 4.69) is 42.4 Å². The topological polar surface area (TPSA) is 24.5 Å². The zero-order valence-electron chi connectivity index (χ0n) is 12.4. The minimum absolute atomic E-state index is 0.754. The Morgan fingerprint density at radius 1 is 1.37 bits per heavy atom. The molecule has 0 saturated heterocycles. The monoisotopic (exact) mass is 262 g/mol. The van der Waals surface area contributed by atoms with Gasteiger partial charge >= 0.3 is 0 Å². The molecule has 1 aromatic rings. The summed E-state index contributed by atoms with van der Waals surface area (Å²) in [6.07, 6.45) is 4.07. The lowest BCUT2D eigenvalue weighted by Crippen LogP contribution is -2.37. The molecule has 1 aliphatic carbocycles. The fraction of sp³-hybridized carbons (Fsp3) is 0.625. The van der Waals surface area contributed by atoms with Crippen molar-refractivity contribution in [2.24, 2.45) is 0 Å². The highest BCUT2D eigenvalue weighted by Gasteiger charge is 2.22. The molecule has 0 spiro atoms. The Hall–Kier alpha value is -1.06. The maximum atomic E-state index is 5.03. The maximum Gasteiger partial charge on any atom is 0.0587 e. The van der Waals surface area contributed by atoms with Crippen LogP contribution in [-0.2, 0) is 11.3 Å². The summed E-state index contributed by atoms with van der Waals surface area (Å²) in [5.74, 6) is 0. The van der Waals surface area contributed by atoms with Crippen molar-refractivity contribution in [3.05, 3.63) is 29.3 Å². The number of anilines is 1. The van der Waals surface area contributed by atoms with Gasteiger partial charge in [-0.1, -0.05) is 12.1 Å². The van der Waals surface area contributed by atoms with Gasteiger partial charge in [-0.25, -0.2) is 0 Å². The first kappa shape index (κ1) is 14.4. The van der Waals surface area contributed by atoms with Crippen LogP contribution in [0, 0.1) is 6.92 Å². The van der Waals surface area contributed by atoms with E-state index in [1.54, 1.807) is 7.11 Å². The molecule has 106 valence electrons. The van der Waals surface area contributed by atoms with Crippen molar-refractivity contribution in [1.29, 1.82) is 0 Å². The predicted molar refractivity (Wildman–Crippen MR) is 80.8 cm³/mol. The van der Waals surface area contributed by atoms with Gasteiger partial charge in [0.05, 0.1) is 6.61 Å². The molecule has 0 aliphatic heterocycles. The second-order valence-electron chi connectivity index (χ2n) is 5.49. The van der Waals surface area contributed by atoms with Crippen molar-refractivity contribution in [2.45, 2.75) is 38.8 Å². The summed E-state index contributed by atoms with van der Waals surface area (Å²) in [7, 11) is 3.96. The Kier molecular flexibility index (Phi) is 5.23. The predicted octanol–water partition coefficient (Wildman–Crippen LogP) is 2.72. The maximum absolute atomic E-state index is 5.03. The van der Waals surface area contributed by atoms with E-state index in [9.17, 15) is 0 Å². The molecule has 3 heteroatoms. The zero-order valence-corrected chi connectivity index (χ0v) is 12.4. The van der Waals surface area contributed by atoms with E-state index in [-0.39, 0.29) is 0 Å². The average molecular weight is 262 g/mol. The fourth-order valence-corrected chi connectivity index (χ4v) is 2.60. The van der Waals surface area contributed by atoms with E-state index >= 15 is 0 Å². The van der Waals surface area contributed by atoms with Crippen LogP contribution in [0.1, 0.15) is 30.4 Å². The highest BCUT2D eigenvalue weighted by molar-refractivity contribution is 5.55. The molecule has 1 N–H and O–H groups in total. The second-order valence-corrected chi connectivity index (χ2v) is 5.49. The molecule has 1 aliphatic rings. The molecule has 1 aromatic carbocycles. The van der Waals surface area contributed by atoms with Crippen LogP contribution >= 0.6 is 0 Å². The molecule has 2 rings (SSSR count). The lowest BCUT2D eigenvalue weighted by atomic mass is 9.91. The van der Waals surface area contributed by atoms with Gasteiger partial charge in [-0.15, -0.1) is 0 Å². The quantitative estimate of drug-likeness (QED) is 0.765. The molecule has 1 fully saturated rings. The largest absolute Gasteiger partial charge is 0.383 e. The van der Waals surface area contributed by atoms with Crippen molar-refractivity contribution in [3.8, 4) is 0 Å². The third-order valence-corrected chi connectivity index (χ3v) is 4.08. The number of nitrogens with zero attached hydrogens (tertiary/aromatic N) is 1. The van der Waals surface area contributed by atoms with Gasteiger partial charge in [-0.3, -0.25) is 0 Å². The standard InChI is InChI=1S/C16H26N2O/c1-13-11-14(12-17-9-10-19-3)7-8-16(13)18(2)15-5-4-6-15/h7-8,11,15,17H,4-6,9-10,12H2,1-3H3.